The van der Waals surface area contributed by atoms with Gasteiger partial charge in [0.1, 0.15) is 6.10 Å². The van der Waals surface area contributed by atoms with Crippen LogP contribution < -0.4 is 10.6 Å². The Morgan fingerprint density at radius 2 is 1.52 bits per heavy atom. The third-order valence-electron chi connectivity index (χ3n) is 3.50. The molecule has 0 fully saturated rings. The zero-order valence-electron chi connectivity index (χ0n) is 13.8. The molecule has 0 saturated carbocycles. The van der Waals surface area contributed by atoms with Gasteiger partial charge in [-0.25, -0.2) is 4.79 Å². The first kappa shape index (κ1) is 18.2. The van der Waals surface area contributed by atoms with Gasteiger partial charge in [-0.15, -0.1) is 0 Å². The van der Waals surface area contributed by atoms with E-state index in [4.69, 9.17) is 9.84 Å². The molecule has 0 aliphatic rings. The number of nitrogens with one attached hydrogen (secondary N) is 2. The van der Waals surface area contributed by atoms with Crippen molar-refractivity contribution in [3.05, 3.63) is 59.7 Å². The zero-order valence-corrected chi connectivity index (χ0v) is 13.8. The van der Waals surface area contributed by atoms with Crippen molar-refractivity contribution in [3.8, 4) is 0 Å². The molecule has 0 spiro atoms. The van der Waals surface area contributed by atoms with E-state index in [1.807, 2.05) is 0 Å². The molecule has 0 radical (unpaired) electrons. The fourth-order valence-corrected chi connectivity index (χ4v) is 1.99. The van der Waals surface area contributed by atoms with E-state index in [2.05, 4.69) is 10.6 Å². The summed E-state index contributed by atoms with van der Waals surface area (Å²) in [6.45, 7) is 1.63. The van der Waals surface area contributed by atoms with Gasteiger partial charge >= 0.3 is 5.97 Å². The number of amides is 2. The second-order valence-electron chi connectivity index (χ2n) is 5.28. The summed E-state index contributed by atoms with van der Waals surface area (Å²) in [7, 11) is 1.44. The van der Waals surface area contributed by atoms with Crippen LogP contribution in [0.15, 0.2) is 48.5 Å². The van der Waals surface area contributed by atoms with Crippen molar-refractivity contribution >= 4 is 29.2 Å². The lowest BCUT2D eigenvalue weighted by molar-refractivity contribution is -0.124. The van der Waals surface area contributed by atoms with E-state index >= 15 is 0 Å². The molecular weight excluding hydrogens is 324 g/mol. The van der Waals surface area contributed by atoms with Gasteiger partial charge in [0.05, 0.1) is 5.56 Å². The van der Waals surface area contributed by atoms with Crippen molar-refractivity contribution in [2.75, 3.05) is 17.7 Å². The monoisotopic (exact) mass is 342 g/mol. The lowest BCUT2D eigenvalue weighted by Crippen LogP contribution is -2.26. The number of anilines is 2. The summed E-state index contributed by atoms with van der Waals surface area (Å²) in [6, 6.07) is 12.3. The van der Waals surface area contributed by atoms with Gasteiger partial charge in [0, 0.05) is 24.0 Å². The normalized spacial score (nSPS) is 11.4. The van der Waals surface area contributed by atoms with Gasteiger partial charge in [-0.1, -0.05) is 6.07 Å². The maximum Gasteiger partial charge on any atom is 0.335 e. The quantitative estimate of drug-likeness (QED) is 0.748. The van der Waals surface area contributed by atoms with Crippen molar-refractivity contribution in [2.45, 2.75) is 13.0 Å². The van der Waals surface area contributed by atoms with E-state index in [9.17, 15) is 14.4 Å². The minimum absolute atomic E-state index is 0.105. The number of hydrogen-bond donors (Lipinski definition) is 3. The average Bonchev–Trinajstić information content (AvgIpc) is 2.61. The maximum absolute atomic E-state index is 12.2. The van der Waals surface area contributed by atoms with E-state index in [1.54, 1.807) is 31.2 Å². The molecule has 0 aliphatic heterocycles. The number of carbonyl (C=O) groups is 3. The number of methoxy groups -OCH3 is 1. The van der Waals surface area contributed by atoms with Crippen LogP contribution in [0.5, 0.6) is 0 Å². The van der Waals surface area contributed by atoms with Crippen LogP contribution in [-0.2, 0) is 9.53 Å². The van der Waals surface area contributed by atoms with Crippen molar-refractivity contribution in [3.63, 3.8) is 0 Å². The summed E-state index contributed by atoms with van der Waals surface area (Å²) in [6.07, 6.45) is -0.592. The van der Waals surface area contributed by atoms with Crippen LogP contribution in [0.2, 0.25) is 0 Å². The van der Waals surface area contributed by atoms with Crippen molar-refractivity contribution in [1.29, 1.82) is 0 Å². The van der Waals surface area contributed by atoms with Crippen LogP contribution in [0.3, 0.4) is 0 Å². The Labute approximate surface area is 144 Å². The Kier molecular flexibility index (Phi) is 5.86. The predicted octanol–water partition coefficient (Wildman–Crippen LogP) is 2.61. The van der Waals surface area contributed by atoms with Crippen LogP contribution in [0.4, 0.5) is 11.4 Å². The summed E-state index contributed by atoms with van der Waals surface area (Å²) >= 11 is 0. The minimum Gasteiger partial charge on any atom is -0.478 e. The molecular formula is C18H18N2O5. The predicted molar refractivity (Wildman–Crippen MR) is 92.9 cm³/mol. The molecule has 2 aromatic rings. The van der Waals surface area contributed by atoms with Gasteiger partial charge in [0.2, 0.25) is 0 Å². The summed E-state index contributed by atoms with van der Waals surface area (Å²) in [5.41, 5.74) is 1.45. The molecule has 7 nitrogen and oxygen atoms in total. The third-order valence-corrected chi connectivity index (χ3v) is 3.50. The van der Waals surface area contributed by atoms with Crippen LogP contribution >= 0.6 is 0 Å². The molecule has 130 valence electrons. The van der Waals surface area contributed by atoms with Crippen LogP contribution in [0.1, 0.15) is 27.6 Å². The van der Waals surface area contributed by atoms with E-state index in [0.717, 1.165) is 0 Å². The van der Waals surface area contributed by atoms with E-state index in [0.29, 0.717) is 16.9 Å². The smallest absolute Gasteiger partial charge is 0.335 e. The number of hydrogen-bond acceptors (Lipinski definition) is 4. The summed E-state index contributed by atoms with van der Waals surface area (Å²) in [5, 5.41) is 14.2. The molecule has 2 aromatic carbocycles. The number of aromatic carboxylic acids is 1. The Hall–Kier alpha value is -3.19. The molecule has 3 N–H and O–H groups in total. The Morgan fingerprint density at radius 1 is 0.960 bits per heavy atom. The van der Waals surface area contributed by atoms with Gasteiger partial charge in [-0.2, -0.15) is 0 Å². The van der Waals surface area contributed by atoms with Gasteiger partial charge in [0.25, 0.3) is 11.8 Å². The molecule has 0 saturated heterocycles. The SMILES string of the molecule is COC(C)C(=O)Nc1cccc(NC(=O)c2ccc(C(=O)O)cc2)c1. The molecule has 25 heavy (non-hydrogen) atoms. The Balaban J connectivity index is 2.07. The number of benzene rings is 2. The summed E-state index contributed by atoms with van der Waals surface area (Å²) in [4.78, 5) is 34.9. The lowest BCUT2D eigenvalue weighted by Gasteiger charge is -2.12. The van der Waals surface area contributed by atoms with Gasteiger partial charge in [-0.05, 0) is 49.4 Å². The lowest BCUT2D eigenvalue weighted by atomic mass is 10.1. The molecule has 0 heterocycles. The maximum atomic E-state index is 12.2. The average molecular weight is 342 g/mol. The van der Waals surface area contributed by atoms with Gasteiger partial charge < -0.3 is 20.5 Å². The summed E-state index contributed by atoms with van der Waals surface area (Å²) in [5.74, 6) is -1.73. The second kappa shape index (κ2) is 8.07. The van der Waals surface area contributed by atoms with Crippen molar-refractivity contribution in [2.24, 2.45) is 0 Å². The van der Waals surface area contributed by atoms with Crippen LogP contribution in [-0.4, -0.2) is 36.1 Å². The van der Waals surface area contributed by atoms with E-state index in [1.165, 1.54) is 31.4 Å². The minimum atomic E-state index is -1.05. The highest BCUT2D eigenvalue weighted by molar-refractivity contribution is 6.05. The van der Waals surface area contributed by atoms with E-state index in [-0.39, 0.29) is 17.4 Å². The molecule has 0 aromatic heterocycles. The number of carboxylic acid groups (broad SMARTS) is 1. The summed E-state index contributed by atoms with van der Waals surface area (Å²) < 4.78 is 4.94. The zero-order chi connectivity index (χ0) is 18.4. The van der Waals surface area contributed by atoms with Crippen LogP contribution in [0, 0.1) is 0 Å². The van der Waals surface area contributed by atoms with Crippen molar-refractivity contribution in [1.82, 2.24) is 0 Å². The Morgan fingerprint density at radius 3 is 2.08 bits per heavy atom. The number of ether oxygens (including phenoxy) is 1. The third kappa shape index (κ3) is 4.89. The largest absolute Gasteiger partial charge is 0.478 e. The Bertz CT molecular complexity index is 786. The number of carbonyl (C=O) groups excluding carboxylic acids is 2. The first-order valence-electron chi connectivity index (χ1n) is 7.49. The molecule has 7 heteroatoms. The van der Waals surface area contributed by atoms with Crippen molar-refractivity contribution < 1.29 is 24.2 Å². The molecule has 0 aliphatic carbocycles. The standard InChI is InChI=1S/C18H18N2O5/c1-11(25-2)16(21)19-14-4-3-5-15(10-14)20-17(22)12-6-8-13(9-7-12)18(23)24/h3-11H,1-2H3,(H,19,21)(H,20,22)(H,23,24). The molecule has 1 unspecified atom stereocenters. The molecule has 1 atom stereocenters. The highest BCUT2D eigenvalue weighted by Gasteiger charge is 2.12. The highest BCUT2D eigenvalue weighted by atomic mass is 16.5. The fourth-order valence-electron chi connectivity index (χ4n) is 1.99. The van der Waals surface area contributed by atoms with Gasteiger partial charge in [0.15, 0.2) is 0 Å². The molecule has 2 amide bonds. The fraction of sp³-hybridized carbons (Fsp3) is 0.167. The first-order chi connectivity index (χ1) is 11.9. The highest BCUT2D eigenvalue weighted by Crippen LogP contribution is 2.17. The van der Waals surface area contributed by atoms with Gasteiger partial charge in [-0.3, -0.25) is 9.59 Å². The number of carboxylic acids is 1. The molecule has 0 bridgehead atoms. The van der Waals surface area contributed by atoms with E-state index < -0.39 is 12.1 Å². The van der Waals surface area contributed by atoms with Crippen LogP contribution in [0.25, 0.3) is 0 Å². The topological polar surface area (TPSA) is 105 Å². The second-order valence-corrected chi connectivity index (χ2v) is 5.28. The first-order valence-corrected chi connectivity index (χ1v) is 7.49. The number of rotatable bonds is 6. The molecule has 2 rings (SSSR count).